The first-order valence-corrected chi connectivity index (χ1v) is 11.4. The molecule has 3 heterocycles. The van der Waals surface area contributed by atoms with Crippen LogP contribution in [0.1, 0.15) is 36.4 Å². The molecule has 4 nitrogen and oxygen atoms in total. The SMILES string of the molecule is CN(C)[C@H]1CN(C2CCc3cccc(F)c32)C[C@@H]1C1CCN(c2cccnc2)CC1. The molecule has 1 unspecified atom stereocenters. The molecule has 160 valence electrons. The van der Waals surface area contributed by atoms with E-state index in [9.17, 15) is 4.39 Å². The molecule has 0 saturated carbocycles. The molecule has 0 N–H and O–H groups in total. The lowest BCUT2D eigenvalue weighted by Gasteiger charge is -2.38. The van der Waals surface area contributed by atoms with Crippen LogP contribution in [0, 0.1) is 17.7 Å². The normalized spacial score (nSPS) is 27.7. The molecule has 5 heteroatoms. The average Bonchev–Trinajstić information content (AvgIpc) is 3.40. The van der Waals surface area contributed by atoms with E-state index < -0.39 is 0 Å². The van der Waals surface area contributed by atoms with Gasteiger partial charge >= 0.3 is 0 Å². The van der Waals surface area contributed by atoms with Crippen molar-refractivity contribution in [3.8, 4) is 0 Å². The molecule has 1 aliphatic carbocycles. The van der Waals surface area contributed by atoms with Crippen LogP contribution in [-0.4, -0.2) is 61.1 Å². The first-order valence-electron chi connectivity index (χ1n) is 11.4. The Morgan fingerprint density at radius 3 is 2.60 bits per heavy atom. The van der Waals surface area contributed by atoms with Crippen LogP contribution in [-0.2, 0) is 6.42 Å². The first-order chi connectivity index (χ1) is 14.6. The summed E-state index contributed by atoms with van der Waals surface area (Å²) in [7, 11) is 4.43. The zero-order valence-electron chi connectivity index (χ0n) is 18.2. The number of anilines is 1. The summed E-state index contributed by atoms with van der Waals surface area (Å²) in [5, 5.41) is 0. The second-order valence-electron chi connectivity index (χ2n) is 9.55. The molecule has 0 spiro atoms. The van der Waals surface area contributed by atoms with Crippen molar-refractivity contribution >= 4 is 5.69 Å². The molecule has 1 aromatic heterocycles. The molecule has 2 fully saturated rings. The fourth-order valence-electron chi connectivity index (χ4n) is 6.21. The molecule has 1 aromatic carbocycles. The van der Waals surface area contributed by atoms with Gasteiger partial charge in [0, 0.05) is 50.0 Å². The number of rotatable bonds is 4. The van der Waals surface area contributed by atoms with Crippen LogP contribution < -0.4 is 4.90 Å². The molecular formula is C25H33FN4. The predicted octanol–water partition coefficient (Wildman–Crippen LogP) is 3.99. The van der Waals surface area contributed by atoms with Gasteiger partial charge in [0.1, 0.15) is 5.82 Å². The Balaban J connectivity index is 1.29. The summed E-state index contributed by atoms with van der Waals surface area (Å²) in [6.45, 7) is 4.36. The fourth-order valence-corrected chi connectivity index (χ4v) is 6.21. The van der Waals surface area contributed by atoms with Crippen molar-refractivity contribution in [2.75, 3.05) is 45.2 Å². The van der Waals surface area contributed by atoms with Gasteiger partial charge in [-0.25, -0.2) is 4.39 Å². The number of aromatic nitrogens is 1. The highest BCUT2D eigenvalue weighted by Crippen LogP contribution is 2.43. The second-order valence-corrected chi connectivity index (χ2v) is 9.55. The van der Waals surface area contributed by atoms with E-state index in [1.165, 1.54) is 24.1 Å². The minimum Gasteiger partial charge on any atom is -0.370 e. The monoisotopic (exact) mass is 408 g/mol. The minimum atomic E-state index is -0.00960. The van der Waals surface area contributed by atoms with E-state index in [0.29, 0.717) is 12.0 Å². The van der Waals surface area contributed by atoms with E-state index >= 15 is 0 Å². The van der Waals surface area contributed by atoms with Crippen LogP contribution in [0.3, 0.4) is 0 Å². The number of halogens is 1. The minimum absolute atomic E-state index is 0.00960. The third-order valence-corrected chi connectivity index (χ3v) is 7.78. The lowest BCUT2D eigenvalue weighted by molar-refractivity contribution is 0.178. The van der Waals surface area contributed by atoms with Crippen molar-refractivity contribution in [2.24, 2.45) is 11.8 Å². The average molecular weight is 409 g/mol. The number of hydrogen-bond acceptors (Lipinski definition) is 4. The third kappa shape index (κ3) is 3.63. The summed E-state index contributed by atoms with van der Waals surface area (Å²) in [6.07, 6.45) is 8.35. The van der Waals surface area contributed by atoms with Crippen LogP contribution in [0.5, 0.6) is 0 Å². The summed E-state index contributed by atoms with van der Waals surface area (Å²) >= 11 is 0. The summed E-state index contributed by atoms with van der Waals surface area (Å²) < 4.78 is 14.7. The van der Waals surface area contributed by atoms with Crippen LogP contribution in [0.15, 0.2) is 42.7 Å². The van der Waals surface area contributed by atoms with E-state index in [1.807, 2.05) is 24.5 Å². The molecule has 3 atom stereocenters. The Morgan fingerprint density at radius 2 is 1.87 bits per heavy atom. The Bertz CT molecular complexity index is 863. The first kappa shape index (κ1) is 20.0. The van der Waals surface area contributed by atoms with Crippen molar-refractivity contribution in [3.63, 3.8) is 0 Å². The van der Waals surface area contributed by atoms with E-state index in [1.54, 1.807) is 6.07 Å². The number of hydrogen-bond donors (Lipinski definition) is 0. The van der Waals surface area contributed by atoms with Crippen LogP contribution in [0.4, 0.5) is 10.1 Å². The molecule has 5 rings (SSSR count). The maximum absolute atomic E-state index is 14.7. The third-order valence-electron chi connectivity index (χ3n) is 7.78. The van der Waals surface area contributed by atoms with Crippen molar-refractivity contribution in [1.82, 2.24) is 14.8 Å². The molecule has 2 aromatic rings. The number of fused-ring (bicyclic) bond motifs is 1. The molecule has 30 heavy (non-hydrogen) atoms. The number of likely N-dealkylation sites (N-methyl/N-ethyl adjacent to an activating group) is 1. The summed E-state index contributed by atoms with van der Waals surface area (Å²) in [5.41, 5.74) is 3.43. The highest BCUT2D eigenvalue weighted by Gasteiger charge is 2.43. The van der Waals surface area contributed by atoms with Gasteiger partial charge in [0.25, 0.3) is 0 Å². The van der Waals surface area contributed by atoms with Gasteiger partial charge < -0.3 is 9.80 Å². The topological polar surface area (TPSA) is 22.6 Å². The van der Waals surface area contributed by atoms with Gasteiger partial charge in [-0.15, -0.1) is 0 Å². The lowest BCUT2D eigenvalue weighted by Crippen LogP contribution is -2.43. The summed E-state index contributed by atoms with van der Waals surface area (Å²) in [4.78, 5) is 11.8. The van der Waals surface area contributed by atoms with E-state index in [4.69, 9.17) is 0 Å². The molecule has 2 saturated heterocycles. The Kier molecular flexibility index (Phi) is 5.50. The van der Waals surface area contributed by atoms with Crippen LogP contribution in [0.25, 0.3) is 0 Å². The molecule has 0 amide bonds. The second kappa shape index (κ2) is 8.27. The van der Waals surface area contributed by atoms with Gasteiger partial charge in [0.05, 0.1) is 11.9 Å². The number of aryl methyl sites for hydroxylation is 1. The molecule has 2 aliphatic heterocycles. The van der Waals surface area contributed by atoms with Crippen molar-refractivity contribution in [2.45, 2.75) is 37.8 Å². The zero-order valence-corrected chi connectivity index (χ0v) is 18.2. The van der Waals surface area contributed by atoms with Gasteiger partial charge in [-0.2, -0.15) is 0 Å². The van der Waals surface area contributed by atoms with Crippen LogP contribution >= 0.6 is 0 Å². The zero-order chi connectivity index (χ0) is 20.7. The van der Waals surface area contributed by atoms with Crippen molar-refractivity contribution in [1.29, 1.82) is 0 Å². The van der Waals surface area contributed by atoms with E-state index in [-0.39, 0.29) is 11.9 Å². The standard InChI is InChI=1S/C25H33FN4/c1-28(2)24-17-30(23-9-8-19-5-3-7-22(26)25(19)23)16-21(24)18-10-13-29(14-11-18)20-6-4-12-27-15-20/h3-7,12,15,18,21,23-24H,8-11,13-14,16-17H2,1-2H3/t21-,23?,24+/m1/s1. The maximum atomic E-state index is 14.7. The largest absolute Gasteiger partial charge is 0.370 e. The van der Waals surface area contributed by atoms with Gasteiger partial charge in [-0.1, -0.05) is 12.1 Å². The number of pyridine rings is 1. The quantitative estimate of drug-likeness (QED) is 0.763. The highest BCUT2D eigenvalue weighted by atomic mass is 19.1. The molecule has 0 radical (unpaired) electrons. The van der Waals surface area contributed by atoms with Gasteiger partial charge in [0.15, 0.2) is 0 Å². The van der Waals surface area contributed by atoms with E-state index in [0.717, 1.165) is 50.5 Å². The predicted molar refractivity (Wildman–Crippen MR) is 119 cm³/mol. The lowest BCUT2D eigenvalue weighted by atomic mass is 9.81. The van der Waals surface area contributed by atoms with E-state index in [2.05, 4.69) is 45.9 Å². The maximum Gasteiger partial charge on any atom is 0.128 e. The Labute approximate surface area is 179 Å². The molecule has 0 bridgehead atoms. The highest BCUT2D eigenvalue weighted by molar-refractivity contribution is 5.44. The summed E-state index contributed by atoms with van der Waals surface area (Å²) in [5.74, 6) is 1.38. The smallest absolute Gasteiger partial charge is 0.128 e. The van der Waals surface area contributed by atoms with Gasteiger partial charge in [-0.3, -0.25) is 9.88 Å². The number of benzene rings is 1. The summed E-state index contributed by atoms with van der Waals surface area (Å²) in [6, 6.07) is 10.6. The molecule has 3 aliphatic rings. The van der Waals surface area contributed by atoms with Gasteiger partial charge in [-0.05, 0) is 75.4 Å². The van der Waals surface area contributed by atoms with Crippen molar-refractivity contribution in [3.05, 3.63) is 59.7 Å². The molecular weight excluding hydrogens is 375 g/mol. The Hall–Kier alpha value is -1.98. The number of likely N-dealkylation sites (tertiary alicyclic amines) is 1. The fraction of sp³-hybridized carbons (Fsp3) is 0.560. The van der Waals surface area contributed by atoms with Crippen molar-refractivity contribution < 1.29 is 4.39 Å². The number of nitrogens with zero attached hydrogens (tertiary/aromatic N) is 4. The van der Waals surface area contributed by atoms with Crippen LogP contribution in [0.2, 0.25) is 0 Å². The van der Waals surface area contributed by atoms with Gasteiger partial charge in [0.2, 0.25) is 0 Å². The number of piperidine rings is 1. The Morgan fingerprint density at radius 1 is 1.03 bits per heavy atom.